The van der Waals surface area contributed by atoms with E-state index in [1.54, 1.807) is 0 Å². The largest absolute Gasteiger partial charge is 0.462 e. The normalized spacial score (nSPS) is 12.1. The number of hydrogen-bond donors (Lipinski definition) is 0. The van der Waals surface area contributed by atoms with Crippen molar-refractivity contribution in [1.82, 2.24) is 0 Å². The standard InChI is InChI=1S/C56H108O6/c1-50(2)42-36-30-24-18-14-11-9-7-8-10-12-16-20-27-33-39-45-54(57)60-48-53(62-56(59)47-41-35-29-23-22-26-32-38-44-52(5)6)49-61-55(58)46-40-34-28-21-17-13-15-19-25-31-37-43-51(3)4/h50-53H,7-49H2,1-6H3/t53-/m1/s1. The summed E-state index contributed by atoms with van der Waals surface area (Å²) in [5.74, 6) is 1.62. The Morgan fingerprint density at radius 3 is 0.694 bits per heavy atom. The van der Waals surface area contributed by atoms with Crippen LogP contribution in [0.4, 0.5) is 0 Å². The zero-order valence-corrected chi connectivity index (χ0v) is 42.7. The summed E-state index contributed by atoms with van der Waals surface area (Å²) >= 11 is 0. The molecule has 0 aliphatic heterocycles. The Balaban J connectivity index is 4.25. The lowest BCUT2D eigenvalue weighted by Crippen LogP contribution is -2.30. The highest BCUT2D eigenvalue weighted by Crippen LogP contribution is 2.18. The van der Waals surface area contributed by atoms with Gasteiger partial charge in [-0.3, -0.25) is 14.4 Å². The van der Waals surface area contributed by atoms with Crippen molar-refractivity contribution in [2.24, 2.45) is 17.8 Å². The van der Waals surface area contributed by atoms with Crippen molar-refractivity contribution in [2.45, 2.75) is 311 Å². The van der Waals surface area contributed by atoms with Gasteiger partial charge >= 0.3 is 17.9 Å². The van der Waals surface area contributed by atoms with E-state index >= 15 is 0 Å². The van der Waals surface area contributed by atoms with Crippen LogP contribution in [-0.4, -0.2) is 37.2 Å². The van der Waals surface area contributed by atoms with Crippen LogP contribution in [0.5, 0.6) is 0 Å². The molecule has 368 valence electrons. The summed E-state index contributed by atoms with van der Waals surface area (Å²) in [6.07, 6.45) is 48.1. The van der Waals surface area contributed by atoms with Crippen LogP contribution < -0.4 is 0 Å². The predicted octanol–water partition coefficient (Wildman–Crippen LogP) is 17.9. The Morgan fingerprint density at radius 2 is 0.468 bits per heavy atom. The number of carbonyl (C=O) groups is 3. The lowest BCUT2D eigenvalue weighted by atomic mass is 10.0. The molecule has 0 aromatic heterocycles. The number of hydrogen-bond acceptors (Lipinski definition) is 6. The summed E-state index contributed by atoms with van der Waals surface area (Å²) in [4.78, 5) is 38.0. The van der Waals surface area contributed by atoms with Crippen molar-refractivity contribution < 1.29 is 28.6 Å². The number of unbranched alkanes of at least 4 members (excludes halogenated alkanes) is 32. The summed E-state index contributed by atoms with van der Waals surface area (Å²) in [6.45, 7) is 13.7. The van der Waals surface area contributed by atoms with E-state index in [4.69, 9.17) is 14.2 Å². The first kappa shape index (κ1) is 60.4. The lowest BCUT2D eigenvalue weighted by Gasteiger charge is -2.18. The fraction of sp³-hybridized carbons (Fsp3) is 0.946. The van der Waals surface area contributed by atoms with E-state index in [2.05, 4.69) is 41.5 Å². The zero-order valence-electron chi connectivity index (χ0n) is 42.7. The zero-order chi connectivity index (χ0) is 45.6. The Labute approximate surface area is 387 Å². The van der Waals surface area contributed by atoms with E-state index in [9.17, 15) is 14.4 Å². The first-order valence-electron chi connectivity index (χ1n) is 27.6. The third kappa shape index (κ3) is 49.4. The average molecular weight is 877 g/mol. The summed E-state index contributed by atoms with van der Waals surface area (Å²) in [6, 6.07) is 0. The van der Waals surface area contributed by atoms with Gasteiger partial charge in [0.15, 0.2) is 6.10 Å². The highest BCUT2D eigenvalue weighted by atomic mass is 16.6. The third-order valence-corrected chi connectivity index (χ3v) is 12.6. The summed E-state index contributed by atoms with van der Waals surface area (Å²) in [7, 11) is 0. The van der Waals surface area contributed by atoms with Gasteiger partial charge in [-0.2, -0.15) is 0 Å². The van der Waals surface area contributed by atoms with E-state index in [-0.39, 0.29) is 31.1 Å². The van der Waals surface area contributed by atoms with Crippen LogP contribution in [0.3, 0.4) is 0 Å². The van der Waals surface area contributed by atoms with Gasteiger partial charge in [-0.1, -0.05) is 266 Å². The first-order valence-corrected chi connectivity index (χ1v) is 27.6. The molecule has 0 heterocycles. The van der Waals surface area contributed by atoms with Crippen molar-refractivity contribution in [1.29, 1.82) is 0 Å². The molecular formula is C56H108O6. The fourth-order valence-corrected chi connectivity index (χ4v) is 8.47. The summed E-state index contributed by atoms with van der Waals surface area (Å²) in [5.41, 5.74) is 0. The molecular weight excluding hydrogens is 769 g/mol. The second kappa shape index (κ2) is 47.4. The minimum atomic E-state index is -0.763. The van der Waals surface area contributed by atoms with Crippen molar-refractivity contribution in [3.8, 4) is 0 Å². The number of rotatable bonds is 49. The van der Waals surface area contributed by atoms with Gasteiger partial charge in [0.25, 0.3) is 0 Å². The molecule has 0 bridgehead atoms. The molecule has 0 saturated heterocycles. The van der Waals surface area contributed by atoms with Gasteiger partial charge in [0.2, 0.25) is 0 Å². The van der Waals surface area contributed by atoms with Crippen molar-refractivity contribution in [3.63, 3.8) is 0 Å². The molecule has 1 atom stereocenters. The molecule has 0 aliphatic rings. The minimum Gasteiger partial charge on any atom is -0.462 e. The van der Waals surface area contributed by atoms with Crippen molar-refractivity contribution in [2.75, 3.05) is 13.2 Å². The molecule has 0 aromatic carbocycles. The van der Waals surface area contributed by atoms with Gasteiger partial charge in [0, 0.05) is 19.3 Å². The highest BCUT2D eigenvalue weighted by Gasteiger charge is 2.19. The average Bonchev–Trinajstić information content (AvgIpc) is 3.23. The Bertz CT molecular complexity index is 960. The number of ether oxygens (including phenoxy) is 3. The van der Waals surface area contributed by atoms with Crippen LogP contribution >= 0.6 is 0 Å². The van der Waals surface area contributed by atoms with Gasteiger partial charge < -0.3 is 14.2 Å². The molecule has 0 rings (SSSR count). The monoisotopic (exact) mass is 877 g/mol. The van der Waals surface area contributed by atoms with Gasteiger partial charge in [-0.25, -0.2) is 0 Å². The molecule has 62 heavy (non-hydrogen) atoms. The van der Waals surface area contributed by atoms with Gasteiger partial charge in [0.1, 0.15) is 13.2 Å². The van der Waals surface area contributed by atoms with Gasteiger partial charge in [-0.05, 0) is 37.0 Å². The van der Waals surface area contributed by atoms with Crippen LogP contribution in [0.1, 0.15) is 305 Å². The van der Waals surface area contributed by atoms with Crippen LogP contribution in [-0.2, 0) is 28.6 Å². The molecule has 0 aromatic rings. The smallest absolute Gasteiger partial charge is 0.306 e. The number of carbonyl (C=O) groups excluding carboxylic acids is 3. The molecule has 6 heteroatoms. The summed E-state index contributed by atoms with van der Waals surface area (Å²) in [5, 5.41) is 0. The topological polar surface area (TPSA) is 78.9 Å². The molecule has 0 aliphatic carbocycles. The molecule has 6 nitrogen and oxygen atoms in total. The van der Waals surface area contributed by atoms with Crippen LogP contribution in [0, 0.1) is 17.8 Å². The Hall–Kier alpha value is -1.59. The number of esters is 3. The van der Waals surface area contributed by atoms with Crippen LogP contribution in [0.15, 0.2) is 0 Å². The Kier molecular flexibility index (Phi) is 46.2. The van der Waals surface area contributed by atoms with Crippen LogP contribution in [0.25, 0.3) is 0 Å². The molecule has 0 N–H and O–H groups in total. The van der Waals surface area contributed by atoms with Gasteiger partial charge in [-0.15, -0.1) is 0 Å². The first-order chi connectivity index (χ1) is 30.1. The maximum Gasteiger partial charge on any atom is 0.306 e. The fourth-order valence-electron chi connectivity index (χ4n) is 8.47. The van der Waals surface area contributed by atoms with E-state index in [0.717, 1.165) is 75.5 Å². The lowest BCUT2D eigenvalue weighted by molar-refractivity contribution is -0.167. The predicted molar refractivity (Wildman–Crippen MR) is 266 cm³/mol. The second-order valence-corrected chi connectivity index (χ2v) is 20.6. The molecule has 0 unspecified atom stereocenters. The van der Waals surface area contributed by atoms with Crippen molar-refractivity contribution in [3.05, 3.63) is 0 Å². The minimum absolute atomic E-state index is 0.0644. The maximum absolute atomic E-state index is 12.8. The molecule has 0 radical (unpaired) electrons. The maximum atomic E-state index is 12.8. The second-order valence-electron chi connectivity index (χ2n) is 20.6. The molecule has 0 spiro atoms. The summed E-state index contributed by atoms with van der Waals surface area (Å²) < 4.78 is 16.8. The molecule has 0 saturated carbocycles. The van der Waals surface area contributed by atoms with Gasteiger partial charge in [0.05, 0.1) is 0 Å². The molecule has 0 amide bonds. The molecule has 0 fully saturated rings. The van der Waals surface area contributed by atoms with E-state index in [0.29, 0.717) is 19.3 Å². The van der Waals surface area contributed by atoms with Crippen LogP contribution in [0.2, 0.25) is 0 Å². The highest BCUT2D eigenvalue weighted by molar-refractivity contribution is 5.71. The van der Waals surface area contributed by atoms with E-state index < -0.39 is 6.10 Å². The quantitative estimate of drug-likeness (QED) is 0.0344. The SMILES string of the molecule is CC(C)CCCCCCCCCCCCCCCCCCC(=O)OC[C@H](COC(=O)CCCCCCCCCCCCCC(C)C)OC(=O)CCCCCCCCCCC(C)C. The third-order valence-electron chi connectivity index (χ3n) is 12.6. The van der Waals surface area contributed by atoms with Crippen molar-refractivity contribution >= 4 is 17.9 Å². The van der Waals surface area contributed by atoms with E-state index in [1.807, 2.05) is 0 Å². The Morgan fingerprint density at radius 1 is 0.274 bits per heavy atom. The van der Waals surface area contributed by atoms with E-state index in [1.165, 1.54) is 186 Å².